The number of benzene rings is 1. The Morgan fingerprint density at radius 1 is 1.10 bits per heavy atom. The summed E-state index contributed by atoms with van der Waals surface area (Å²) in [5.74, 6) is -1.41. The molecule has 162 valence electrons. The molecule has 2 aromatic rings. The summed E-state index contributed by atoms with van der Waals surface area (Å²) in [7, 11) is 0. The van der Waals surface area contributed by atoms with Crippen LogP contribution in [-0.4, -0.2) is 71.4 Å². The third-order valence-corrected chi connectivity index (χ3v) is 6.30. The summed E-state index contributed by atoms with van der Waals surface area (Å²) < 4.78 is 0. The lowest BCUT2D eigenvalue weighted by Gasteiger charge is -2.37. The predicted molar refractivity (Wildman–Crippen MR) is 118 cm³/mol. The van der Waals surface area contributed by atoms with Gasteiger partial charge in [-0.05, 0) is 30.5 Å². The number of carbonyl (C=O) groups excluding carboxylic acids is 2. The Labute approximate surface area is 184 Å². The molecule has 7 nitrogen and oxygen atoms in total. The van der Waals surface area contributed by atoms with Crippen LogP contribution in [0.25, 0.3) is 0 Å². The Balaban J connectivity index is 1.50. The second-order valence-electron chi connectivity index (χ2n) is 7.35. The summed E-state index contributed by atoms with van der Waals surface area (Å²) in [4.78, 5) is 29.5. The maximum absolute atomic E-state index is 12.6. The summed E-state index contributed by atoms with van der Waals surface area (Å²) in [6, 6.07) is 11.1. The molecule has 1 aliphatic rings. The summed E-state index contributed by atoms with van der Waals surface area (Å²) >= 11 is 7.81. The second kappa shape index (κ2) is 10.3. The summed E-state index contributed by atoms with van der Waals surface area (Å²) in [5, 5.41) is 25.7. The first kappa shape index (κ1) is 22.6. The van der Waals surface area contributed by atoms with Gasteiger partial charge in [-0.1, -0.05) is 29.8 Å². The molecule has 1 fully saturated rings. The van der Waals surface area contributed by atoms with Crippen molar-refractivity contribution in [1.82, 2.24) is 10.2 Å². The predicted octanol–water partition coefficient (Wildman–Crippen LogP) is 1.52. The number of halogens is 1. The third-order valence-electron chi connectivity index (χ3n) is 5.08. The van der Waals surface area contributed by atoms with Crippen LogP contribution in [0.15, 0.2) is 41.8 Å². The van der Waals surface area contributed by atoms with E-state index in [4.69, 9.17) is 11.6 Å². The van der Waals surface area contributed by atoms with Crippen molar-refractivity contribution in [2.24, 2.45) is 0 Å². The molecule has 1 aliphatic heterocycles. The molecule has 0 saturated carbocycles. The summed E-state index contributed by atoms with van der Waals surface area (Å²) in [6.45, 7) is 3.63. The first-order chi connectivity index (χ1) is 14.4. The SMILES string of the molecule is C[C@H](Cc1cccs1)NC(=O)[C@H](O)[C@@H](O)C(=O)N1CCN(c2ccccc2Cl)CC1. The zero-order chi connectivity index (χ0) is 21.7. The smallest absolute Gasteiger partial charge is 0.254 e. The molecule has 0 bridgehead atoms. The molecule has 3 N–H and O–H groups in total. The Hall–Kier alpha value is -2.13. The highest BCUT2D eigenvalue weighted by Gasteiger charge is 2.35. The number of hydrogen-bond donors (Lipinski definition) is 3. The van der Waals surface area contributed by atoms with E-state index in [0.29, 0.717) is 37.6 Å². The van der Waals surface area contributed by atoms with Gasteiger partial charge in [0.2, 0.25) is 0 Å². The third kappa shape index (κ3) is 5.51. The number of anilines is 1. The Morgan fingerprint density at radius 3 is 2.43 bits per heavy atom. The van der Waals surface area contributed by atoms with Gasteiger partial charge in [-0.25, -0.2) is 0 Å². The molecule has 1 aromatic carbocycles. The summed E-state index contributed by atoms with van der Waals surface area (Å²) in [5.41, 5.74) is 0.894. The fourth-order valence-corrected chi connectivity index (χ4v) is 4.54. The molecule has 0 radical (unpaired) electrons. The van der Waals surface area contributed by atoms with Crippen molar-refractivity contribution in [3.63, 3.8) is 0 Å². The van der Waals surface area contributed by atoms with Gasteiger partial charge in [0.1, 0.15) is 0 Å². The maximum atomic E-state index is 12.6. The lowest BCUT2D eigenvalue weighted by atomic mass is 10.1. The van der Waals surface area contributed by atoms with E-state index in [9.17, 15) is 19.8 Å². The van der Waals surface area contributed by atoms with Crippen molar-refractivity contribution in [3.8, 4) is 0 Å². The van der Waals surface area contributed by atoms with Crippen LogP contribution >= 0.6 is 22.9 Å². The van der Waals surface area contributed by atoms with Crippen LogP contribution in [0, 0.1) is 0 Å². The van der Waals surface area contributed by atoms with Crippen LogP contribution in [0.1, 0.15) is 11.8 Å². The number of nitrogens with zero attached hydrogens (tertiary/aromatic N) is 2. The highest BCUT2D eigenvalue weighted by atomic mass is 35.5. The average molecular weight is 452 g/mol. The van der Waals surface area contributed by atoms with E-state index in [-0.39, 0.29) is 6.04 Å². The molecule has 2 amide bonds. The number of hydrogen-bond acceptors (Lipinski definition) is 6. The molecule has 3 rings (SSSR count). The van der Waals surface area contributed by atoms with Gasteiger partial charge in [0.05, 0.1) is 10.7 Å². The molecular formula is C21H26ClN3O4S. The molecule has 3 atom stereocenters. The van der Waals surface area contributed by atoms with E-state index in [1.807, 2.05) is 48.7 Å². The van der Waals surface area contributed by atoms with Gasteiger partial charge in [-0.2, -0.15) is 0 Å². The van der Waals surface area contributed by atoms with Crippen molar-refractivity contribution >= 4 is 40.4 Å². The van der Waals surface area contributed by atoms with E-state index in [0.717, 1.165) is 10.6 Å². The second-order valence-corrected chi connectivity index (χ2v) is 8.79. The number of nitrogens with one attached hydrogen (secondary N) is 1. The number of piperazine rings is 1. The largest absolute Gasteiger partial charge is 0.380 e. The van der Waals surface area contributed by atoms with Crippen molar-refractivity contribution in [1.29, 1.82) is 0 Å². The van der Waals surface area contributed by atoms with Crippen LogP contribution < -0.4 is 10.2 Å². The first-order valence-corrected chi connectivity index (χ1v) is 11.1. The van der Waals surface area contributed by atoms with Crippen molar-refractivity contribution in [2.75, 3.05) is 31.1 Å². The van der Waals surface area contributed by atoms with E-state index in [2.05, 4.69) is 10.2 Å². The first-order valence-electron chi connectivity index (χ1n) is 9.84. The Morgan fingerprint density at radius 2 is 1.80 bits per heavy atom. The van der Waals surface area contributed by atoms with Gasteiger partial charge in [0.25, 0.3) is 11.8 Å². The minimum Gasteiger partial charge on any atom is -0.380 e. The van der Waals surface area contributed by atoms with Crippen LogP contribution in [-0.2, 0) is 16.0 Å². The van der Waals surface area contributed by atoms with Gasteiger partial charge in [0.15, 0.2) is 12.2 Å². The van der Waals surface area contributed by atoms with Gasteiger partial charge < -0.3 is 25.3 Å². The lowest BCUT2D eigenvalue weighted by molar-refractivity contribution is -0.153. The van der Waals surface area contributed by atoms with Crippen molar-refractivity contribution in [2.45, 2.75) is 31.6 Å². The topological polar surface area (TPSA) is 93.1 Å². The number of aliphatic hydroxyl groups excluding tert-OH is 2. The molecule has 0 spiro atoms. The fourth-order valence-electron chi connectivity index (χ4n) is 3.45. The average Bonchev–Trinajstić information content (AvgIpc) is 3.25. The number of thiophene rings is 1. The van der Waals surface area contributed by atoms with Crippen molar-refractivity contribution in [3.05, 3.63) is 51.7 Å². The number of amides is 2. The molecule has 2 heterocycles. The number of rotatable bonds is 7. The van der Waals surface area contributed by atoms with E-state index in [1.165, 1.54) is 4.90 Å². The number of carbonyl (C=O) groups is 2. The highest BCUT2D eigenvalue weighted by molar-refractivity contribution is 7.09. The molecule has 30 heavy (non-hydrogen) atoms. The molecule has 1 aromatic heterocycles. The monoisotopic (exact) mass is 451 g/mol. The van der Waals surface area contributed by atoms with Crippen LogP contribution in [0.4, 0.5) is 5.69 Å². The maximum Gasteiger partial charge on any atom is 0.254 e. The van der Waals surface area contributed by atoms with E-state index < -0.39 is 24.0 Å². The quantitative estimate of drug-likeness (QED) is 0.593. The molecule has 0 aliphatic carbocycles. The van der Waals surface area contributed by atoms with Crippen molar-refractivity contribution < 1.29 is 19.8 Å². The van der Waals surface area contributed by atoms with Crippen LogP contribution in [0.5, 0.6) is 0 Å². The molecule has 9 heteroatoms. The van der Waals surface area contributed by atoms with E-state index in [1.54, 1.807) is 11.3 Å². The van der Waals surface area contributed by atoms with Gasteiger partial charge in [-0.3, -0.25) is 9.59 Å². The van der Waals surface area contributed by atoms with Crippen LogP contribution in [0.2, 0.25) is 5.02 Å². The van der Waals surface area contributed by atoms with Gasteiger partial charge >= 0.3 is 0 Å². The minimum atomic E-state index is -1.81. The molecule has 1 saturated heterocycles. The number of aliphatic hydroxyl groups is 2. The zero-order valence-electron chi connectivity index (χ0n) is 16.7. The lowest BCUT2D eigenvalue weighted by Crippen LogP contribution is -2.56. The van der Waals surface area contributed by atoms with Gasteiger partial charge in [0, 0.05) is 43.5 Å². The molecule has 0 unspecified atom stereocenters. The summed E-state index contributed by atoms with van der Waals surface area (Å²) in [6.07, 6.45) is -3.00. The Kier molecular flexibility index (Phi) is 7.71. The number of para-hydroxylation sites is 1. The van der Waals surface area contributed by atoms with E-state index >= 15 is 0 Å². The highest BCUT2D eigenvalue weighted by Crippen LogP contribution is 2.26. The molecular weight excluding hydrogens is 426 g/mol. The standard InChI is InChI=1S/C21H26ClN3O4S/c1-14(13-15-5-4-12-30-15)23-20(28)18(26)19(27)21(29)25-10-8-24(9-11-25)17-7-3-2-6-16(17)22/h2-7,12,14,18-19,26-27H,8-11,13H2,1H3,(H,23,28)/t14-,18-,19-/m1/s1. The van der Waals surface area contributed by atoms with Crippen LogP contribution in [0.3, 0.4) is 0 Å². The minimum absolute atomic E-state index is 0.229. The Bertz CT molecular complexity index is 856. The zero-order valence-corrected chi connectivity index (χ0v) is 18.3. The van der Waals surface area contributed by atoms with Gasteiger partial charge in [-0.15, -0.1) is 11.3 Å². The fraction of sp³-hybridized carbons (Fsp3) is 0.429. The normalized spacial score (nSPS) is 17.3.